The monoisotopic (exact) mass is 287 g/mol. The molecule has 0 amide bonds. The summed E-state index contributed by atoms with van der Waals surface area (Å²) in [4.78, 5) is 0.262. The summed E-state index contributed by atoms with van der Waals surface area (Å²) in [5, 5.41) is 8.74. The summed E-state index contributed by atoms with van der Waals surface area (Å²) in [5.74, 6) is 0. The number of methoxy groups -OCH3 is 1. The van der Waals surface area contributed by atoms with Gasteiger partial charge in [-0.2, -0.15) is 0 Å². The molecule has 2 N–H and O–H groups in total. The summed E-state index contributed by atoms with van der Waals surface area (Å²) >= 11 is 0. The maximum absolute atomic E-state index is 11.9. The predicted molar refractivity (Wildman–Crippen MR) is 73.5 cm³/mol. The van der Waals surface area contributed by atoms with Crippen molar-refractivity contribution >= 4 is 10.0 Å². The van der Waals surface area contributed by atoms with Gasteiger partial charge >= 0.3 is 0 Å². The second kappa shape index (κ2) is 8.27. The van der Waals surface area contributed by atoms with E-state index in [1.54, 1.807) is 31.4 Å². The van der Waals surface area contributed by atoms with Crippen molar-refractivity contribution in [3.63, 3.8) is 0 Å². The van der Waals surface area contributed by atoms with Crippen molar-refractivity contribution in [1.82, 2.24) is 4.72 Å². The highest BCUT2D eigenvalue weighted by Gasteiger charge is 2.12. The molecule has 0 heterocycles. The second-order valence-electron chi connectivity index (χ2n) is 4.22. The standard InChI is InChI=1S/C13H21NO4S/c1-18-11-3-9-14-19(16,17)13-7-5-12(6-8-13)4-2-10-15/h5-8,14-15H,2-4,9-11H2,1H3. The molecule has 5 nitrogen and oxygen atoms in total. The highest BCUT2D eigenvalue weighted by molar-refractivity contribution is 7.89. The Morgan fingerprint density at radius 3 is 2.47 bits per heavy atom. The maximum atomic E-state index is 11.9. The Kier molecular flexibility index (Phi) is 7.01. The third kappa shape index (κ3) is 5.69. The first-order valence-corrected chi connectivity index (χ1v) is 7.77. The Labute approximate surface area is 114 Å². The van der Waals surface area contributed by atoms with Gasteiger partial charge in [0, 0.05) is 26.9 Å². The van der Waals surface area contributed by atoms with Crippen LogP contribution in [0.4, 0.5) is 0 Å². The number of sulfonamides is 1. The minimum Gasteiger partial charge on any atom is -0.396 e. The van der Waals surface area contributed by atoms with Crippen molar-refractivity contribution in [2.75, 3.05) is 26.9 Å². The van der Waals surface area contributed by atoms with E-state index in [0.29, 0.717) is 26.0 Å². The summed E-state index contributed by atoms with van der Waals surface area (Å²) in [6.45, 7) is 1.03. The third-order valence-corrected chi connectivity index (χ3v) is 4.15. The van der Waals surface area contributed by atoms with Gasteiger partial charge < -0.3 is 9.84 Å². The zero-order valence-corrected chi connectivity index (χ0v) is 11.9. The molecule has 1 rings (SSSR count). The zero-order valence-electron chi connectivity index (χ0n) is 11.1. The third-order valence-electron chi connectivity index (χ3n) is 2.67. The van der Waals surface area contributed by atoms with E-state index in [1.165, 1.54) is 0 Å². The van der Waals surface area contributed by atoms with E-state index in [9.17, 15) is 8.42 Å². The lowest BCUT2D eigenvalue weighted by Gasteiger charge is -2.07. The van der Waals surface area contributed by atoms with Crippen LogP contribution in [0.3, 0.4) is 0 Å². The molecule has 1 aromatic carbocycles. The molecule has 0 saturated heterocycles. The lowest BCUT2D eigenvalue weighted by molar-refractivity contribution is 0.196. The first kappa shape index (κ1) is 16.1. The summed E-state index contributed by atoms with van der Waals surface area (Å²) in [6.07, 6.45) is 2.07. The first-order valence-electron chi connectivity index (χ1n) is 6.28. The number of nitrogens with one attached hydrogen (secondary N) is 1. The smallest absolute Gasteiger partial charge is 0.240 e. The van der Waals surface area contributed by atoms with Crippen LogP contribution < -0.4 is 4.72 Å². The lowest BCUT2D eigenvalue weighted by atomic mass is 10.1. The zero-order chi connectivity index (χ0) is 14.1. The van der Waals surface area contributed by atoms with Crippen molar-refractivity contribution in [1.29, 1.82) is 0 Å². The van der Waals surface area contributed by atoms with E-state index >= 15 is 0 Å². The quantitative estimate of drug-likeness (QED) is 0.662. The Bertz CT molecular complexity index is 456. The summed E-state index contributed by atoms with van der Waals surface area (Å²) in [7, 11) is -1.85. The highest BCUT2D eigenvalue weighted by atomic mass is 32.2. The molecule has 6 heteroatoms. The van der Waals surface area contributed by atoms with Crippen LogP contribution in [-0.4, -0.2) is 40.4 Å². The van der Waals surface area contributed by atoms with Gasteiger partial charge in [0.15, 0.2) is 0 Å². The summed E-state index contributed by atoms with van der Waals surface area (Å²) in [6, 6.07) is 6.73. The molecular formula is C13H21NO4S. The molecule has 0 saturated carbocycles. The Balaban J connectivity index is 2.58. The molecule has 108 valence electrons. The molecule has 0 fully saturated rings. The molecule has 19 heavy (non-hydrogen) atoms. The number of hydrogen-bond donors (Lipinski definition) is 2. The molecule has 0 aromatic heterocycles. The van der Waals surface area contributed by atoms with Crippen LogP contribution in [-0.2, 0) is 21.2 Å². The van der Waals surface area contributed by atoms with Gasteiger partial charge in [-0.1, -0.05) is 12.1 Å². The van der Waals surface area contributed by atoms with Gasteiger partial charge in [0.2, 0.25) is 10.0 Å². The molecule has 1 aromatic rings. The fourth-order valence-corrected chi connectivity index (χ4v) is 2.70. The fraction of sp³-hybridized carbons (Fsp3) is 0.538. The van der Waals surface area contributed by atoms with Crippen molar-refractivity contribution in [3.05, 3.63) is 29.8 Å². The fourth-order valence-electron chi connectivity index (χ4n) is 1.62. The highest BCUT2D eigenvalue weighted by Crippen LogP contribution is 2.11. The minimum atomic E-state index is -3.43. The maximum Gasteiger partial charge on any atom is 0.240 e. The number of aliphatic hydroxyl groups excluding tert-OH is 1. The van der Waals surface area contributed by atoms with Crippen LogP contribution in [0.25, 0.3) is 0 Å². The van der Waals surface area contributed by atoms with E-state index in [1.807, 2.05) is 0 Å². The topological polar surface area (TPSA) is 75.6 Å². The van der Waals surface area contributed by atoms with Crippen molar-refractivity contribution in [3.8, 4) is 0 Å². The van der Waals surface area contributed by atoms with Crippen LogP contribution in [0.15, 0.2) is 29.2 Å². The largest absolute Gasteiger partial charge is 0.396 e. The van der Waals surface area contributed by atoms with Crippen molar-refractivity contribution in [2.24, 2.45) is 0 Å². The van der Waals surface area contributed by atoms with Crippen molar-refractivity contribution < 1.29 is 18.3 Å². The van der Waals surface area contributed by atoms with Crippen LogP contribution in [0.5, 0.6) is 0 Å². The van der Waals surface area contributed by atoms with Crippen molar-refractivity contribution in [2.45, 2.75) is 24.2 Å². The van der Waals surface area contributed by atoms with Crippen LogP contribution in [0, 0.1) is 0 Å². The van der Waals surface area contributed by atoms with Gasteiger partial charge in [-0.05, 0) is 37.0 Å². The number of rotatable bonds is 9. The first-order chi connectivity index (χ1) is 9.10. The van der Waals surface area contributed by atoms with Gasteiger partial charge in [-0.3, -0.25) is 0 Å². The summed E-state index contributed by atoms with van der Waals surface area (Å²) < 4.78 is 31.2. The van der Waals surface area contributed by atoms with Gasteiger partial charge in [0.25, 0.3) is 0 Å². The Morgan fingerprint density at radius 2 is 1.89 bits per heavy atom. The van der Waals surface area contributed by atoms with Crippen LogP contribution >= 0.6 is 0 Å². The number of ether oxygens (including phenoxy) is 1. The van der Waals surface area contributed by atoms with Gasteiger partial charge in [-0.25, -0.2) is 13.1 Å². The Hall–Kier alpha value is -0.950. The van der Waals surface area contributed by atoms with Gasteiger partial charge in [-0.15, -0.1) is 0 Å². The molecule has 0 unspecified atom stereocenters. The number of hydrogen-bond acceptors (Lipinski definition) is 4. The number of aliphatic hydroxyl groups is 1. The minimum absolute atomic E-state index is 0.140. The molecule has 0 spiro atoms. The molecule has 0 atom stereocenters. The van der Waals surface area contributed by atoms with E-state index in [2.05, 4.69) is 4.72 Å². The molecule has 0 aliphatic heterocycles. The van der Waals surface area contributed by atoms with E-state index < -0.39 is 10.0 Å². The van der Waals surface area contributed by atoms with Gasteiger partial charge in [0.05, 0.1) is 4.90 Å². The van der Waals surface area contributed by atoms with E-state index in [-0.39, 0.29) is 11.5 Å². The van der Waals surface area contributed by atoms with Crippen LogP contribution in [0.2, 0.25) is 0 Å². The Morgan fingerprint density at radius 1 is 1.21 bits per heavy atom. The van der Waals surface area contributed by atoms with E-state index in [4.69, 9.17) is 9.84 Å². The molecule has 0 bridgehead atoms. The average Bonchev–Trinajstić information content (AvgIpc) is 2.42. The average molecular weight is 287 g/mol. The lowest BCUT2D eigenvalue weighted by Crippen LogP contribution is -2.25. The SMILES string of the molecule is COCCCNS(=O)(=O)c1ccc(CCCO)cc1. The van der Waals surface area contributed by atoms with Crippen LogP contribution in [0.1, 0.15) is 18.4 Å². The second-order valence-corrected chi connectivity index (χ2v) is 5.98. The molecule has 0 aliphatic carbocycles. The summed E-state index contributed by atoms with van der Waals surface area (Å²) in [5.41, 5.74) is 1.02. The van der Waals surface area contributed by atoms with Gasteiger partial charge in [0.1, 0.15) is 0 Å². The molecule has 0 radical (unpaired) electrons. The van der Waals surface area contributed by atoms with E-state index in [0.717, 1.165) is 12.0 Å². The number of benzene rings is 1. The predicted octanol–water partition coefficient (Wildman–Crippen LogP) is 0.926. The molecular weight excluding hydrogens is 266 g/mol. The normalized spacial score (nSPS) is 11.7. The number of aryl methyl sites for hydroxylation is 1. The molecule has 0 aliphatic rings.